The van der Waals surface area contributed by atoms with Crippen LogP contribution in [0.15, 0.2) is 0 Å². The number of rotatable bonds is 2. The van der Waals surface area contributed by atoms with Crippen molar-refractivity contribution in [1.82, 2.24) is 5.32 Å². The number of esters is 1. The van der Waals surface area contributed by atoms with Gasteiger partial charge in [0.2, 0.25) is 5.91 Å². The highest BCUT2D eigenvalue weighted by molar-refractivity contribution is 15.0. The first-order valence-electron chi connectivity index (χ1n) is 4.14. The fourth-order valence-corrected chi connectivity index (χ4v) is 1.30. The average Bonchev–Trinajstić information content (AvgIpc) is 2.04. The molecule has 1 saturated heterocycles. The number of ether oxygens (including phenoxy) is 1. The zero-order valence-corrected chi connectivity index (χ0v) is 12.5. The molecule has 1 heterocycles. The largest absolute Gasteiger partial charge is 0.441 e. The second kappa shape index (κ2) is 6.81. The molecule has 14 heavy (non-hydrogen) atoms. The van der Waals surface area contributed by atoms with Gasteiger partial charge in [0.05, 0.1) is 5.92 Å². The highest BCUT2D eigenvalue weighted by Gasteiger charge is 2.43. The van der Waals surface area contributed by atoms with Crippen LogP contribution in [0.2, 0.25) is 0 Å². The SMILES string of the molecule is CC(=O)O[C@H]1NC(=O)[C@@H]1C(C)C.II. The van der Waals surface area contributed by atoms with Crippen molar-refractivity contribution in [2.75, 3.05) is 0 Å². The maximum Gasteiger partial charge on any atom is 0.304 e. The molecule has 0 aromatic rings. The molecule has 0 aliphatic carbocycles. The van der Waals surface area contributed by atoms with Crippen molar-refractivity contribution in [3.63, 3.8) is 0 Å². The van der Waals surface area contributed by atoms with Crippen LogP contribution < -0.4 is 5.32 Å². The van der Waals surface area contributed by atoms with Crippen molar-refractivity contribution in [1.29, 1.82) is 0 Å². The predicted molar refractivity (Wildman–Crippen MR) is 70.1 cm³/mol. The molecule has 6 heteroatoms. The van der Waals surface area contributed by atoms with Crippen LogP contribution in [0, 0.1) is 11.8 Å². The van der Waals surface area contributed by atoms with E-state index in [-0.39, 0.29) is 23.7 Å². The minimum Gasteiger partial charge on any atom is -0.441 e. The summed E-state index contributed by atoms with van der Waals surface area (Å²) in [6.45, 7) is 5.20. The summed E-state index contributed by atoms with van der Waals surface area (Å²) in [6, 6.07) is 0. The second-order valence-electron chi connectivity index (χ2n) is 3.31. The van der Waals surface area contributed by atoms with E-state index in [4.69, 9.17) is 4.74 Å². The normalized spacial score (nSPS) is 24.3. The van der Waals surface area contributed by atoms with Gasteiger partial charge in [-0.15, -0.1) is 0 Å². The van der Waals surface area contributed by atoms with Gasteiger partial charge in [-0.05, 0) is 5.92 Å². The lowest BCUT2D eigenvalue weighted by atomic mass is 9.87. The Hall–Kier alpha value is 0.400. The number of carbonyl (C=O) groups excluding carboxylic acids is 2. The second-order valence-corrected chi connectivity index (χ2v) is 3.31. The van der Waals surface area contributed by atoms with E-state index in [1.54, 1.807) is 0 Å². The molecule has 0 spiro atoms. The van der Waals surface area contributed by atoms with E-state index in [1.165, 1.54) is 6.92 Å². The minimum absolute atomic E-state index is 0.0312. The van der Waals surface area contributed by atoms with Gasteiger partial charge in [0, 0.05) is 44.2 Å². The Morgan fingerprint density at radius 1 is 1.50 bits per heavy atom. The zero-order valence-electron chi connectivity index (χ0n) is 8.21. The van der Waals surface area contributed by atoms with Crippen molar-refractivity contribution < 1.29 is 14.3 Å². The summed E-state index contributed by atoms with van der Waals surface area (Å²) in [5, 5.41) is 2.52. The lowest BCUT2D eigenvalue weighted by Crippen LogP contribution is -2.61. The predicted octanol–water partition coefficient (Wildman–Crippen LogP) is 2.05. The van der Waals surface area contributed by atoms with Crippen LogP contribution in [0.5, 0.6) is 0 Å². The van der Waals surface area contributed by atoms with Crippen molar-refractivity contribution in [3.05, 3.63) is 0 Å². The van der Waals surface area contributed by atoms with Gasteiger partial charge in [-0.25, -0.2) is 0 Å². The quantitative estimate of drug-likeness (QED) is 0.419. The Kier molecular flexibility index (Phi) is 7.00. The molecule has 2 atom stereocenters. The van der Waals surface area contributed by atoms with Crippen LogP contribution >= 0.6 is 37.2 Å². The molecule has 4 nitrogen and oxygen atoms in total. The Bertz CT molecular complexity index is 221. The number of amides is 1. The van der Waals surface area contributed by atoms with Crippen molar-refractivity contribution in [3.8, 4) is 0 Å². The molecule has 1 aliphatic rings. The molecule has 1 fully saturated rings. The fourth-order valence-electron chi connectivity index (χ4n) is 1.30. The summed E-state index contributed by atoms with van der Waals surface area (Å²) in [7, 11) is 0. The van der Waals surface area contributed by atoms with Gasteiger partial charge in [0.25, 0.3) is 0 Å². The molecule has 0 aromatic heterocycles. The molecule has 0 unspecified atom stereocenters. The highest BCUT2D eigenvalue weighted by Crippen LogP contribution is 2.24. The fraction of sp³-hybridized carbons (Fsp3) is 0.750. The Balaban J connectivity index is 0.000000791. The van der Waals surface area contributed by atoms with Gasteiger partial charge in [-0.1, -0.05) is 13.8 Å². The molecule has 1 rings (SSSR count). The monoisotopic (exact) mass is 425 g/mol. The smallest absolute Gasteiger partial charge is 0.304 e. The first-order valence-corrected chi connectivity index (χ1v) is 10.4. The summed E-state index contributed by atoms with van der Waals surface area (Å²) < 4.78 is 4.86. The lowest BCUT2D eigenvalue weighted by molar-refractivity contribution is -0.170. The Morgan fingerprint density at radius 2 is 2.00 bits per heavy atom. The number of carbonyl (C=O) groups is 2. The van der Waals surface area contributed by atoms with Gasteiger partial charge in [-0.2, -0.15) is 0 Å². The van der Waals surface area contributed by atoms with Crippen LogP contribution in [0.4, 0.5) is 0 Å². The number of nitrogens with one attached hydrogen (secondary N) is 1. The molecular formula is C8H13I2NO3. The van der Waals surface area contributed by atoms with Gasteiger partial charge in [-0.3, -0.25) is 9.59 Å². The van der Waals surface area contributed by atoms with Gasteiger partial charge in [0.15, 0.2) is 6.23 Å². The summed E-state index contributed by atoms with van der Waals surface area (Å²) in [6.07, 6.45) is -0.407. The molecule has 1 N–H and O–H groups in total. The van der Waals surface area contributed by atoms with E-state index < -0.39 is 6.23 Å². The molecule has 1 amide bonds. The summed E-state index contributed by atoms with van der Waals surface area (Å²) >= 11 is 4.24. The van der Waals surface area contributed by atoms with E-state index in [0.717, 1.165) is 0 Å². The van der Waals surface area contributed by atoms with Crippen LogP contribution in [0.1, 0.15) is 20.8 Å². The third-order valence-corrected chi connectivity index (χ3v) is 1.92. The maximum absolute atomic E-state index is 11.0. The third-order valence-electron chi connectivity index (χ3n) is 1.92. The number of halogens is 2. The standard InChI is InChI=1S/C8H13NO3.I2/c1-4(2)6-7(11)9-8(6)12-5(3)10;1-2/h4,6,8H,1-3H3,(H,9,11);/t6-,8+;/m0./s1. The number of β-lactam (4-membered cyclic amide) rings is 1. The van der Waals surface area contributed by atoms with E-state index >= 15 is 0 Å². The Morgan fingerprint density at radius 3 is 2.29 bits per heavy atom. The first kappa shape index (κ1) is 14.4. The van der Waals surface area contributed by atoms with Crippen LogP contribution in [-0.2, 0) is 14.3 Å². The van der Waals surface area contributed by atoms with Crippen LogP contribution in [-0.4, -0.2) is 18.1 Å². The zero-order chi connectivity index (χ0) is 11.3. The summed E-state index contributed by atoms with van der Waals surface area (Å²) in [5.74, 6) is -0.348. The lowest BCUT2D eigenvalue weighted by Gasteiger charge is -2.37. The number of hydrogen-bond donors (Lipinski definition) is 1. The first-order chi connectivity index (χ1) is 6.52. The van der Waals surface area contributed by atoms with E-state index in [2.05, 4.69) is 42.5 Å². The molecular weight excluding hydrogens is 412 g/mol. The van der Waals surface area contributed by atoms with Gasteiger partial charge in [0.1, 0.15) is 0 Å². The molecule has 0 radical (unpaired) electrons. The van der Waals surface area contributed by atoms with Crippen LogP contribution in [0.3, 0.4) is 0 Å². The van der Waals surface area contributed by atoms with Crippen molar-refractivity contribution in [2.24, 2.45) is 11.8 Å². The average molecular weight is 425 g/mol. The topological polar surface area (TPSA) is 55.4 Å². The molecule has 1 aliphatic heterocycles. The Labute approximate surface area is 107 Å². The minimum atomic E-state index is -0.407. The van der Waals surface area contributed by atoms with E-state index in [9.17, 15) is 9.59 Å². The van der Waals surface area contributed by atoms with Crippen molar-refractivity contribution in [2.45, 2.75) is 27.0 Å². The maximum atomic E-state index is 11.0. The highest BCUT2D eigenvalue weighted by atomic mass is 128. The van der Waals surface area contributed by atoms with Crippen LogP contribution in [0.25, 0.3) is 0 Å². The van der Waals surface area contributed by atoms with E-state index in [1.807, 2.05) is 13.8 Å². The molecule has 82 valence electrons. The third kappa shape index (κ3) is 3.87. The summed E-state index contributed by atoms with van der Waals surface area (Å²) in [4.78, 5) is 21.5. The van der Waals surface area contributed by atoms with E-state index in [0.29, 0.717) is 0 Å². The number of hydrogen-bond acceptors (Lipinski definition) is 3. The van der Waals surface area contributed by atoms with Gasteiger partial charge >= 0.3 is 5.97 Å². The molecule has 0 bridgehead atoms. The van der Waals surface area contributed by atoms with Gasteiger partial charge < -0.3 is 10.1 Å². The van der Waals surface area contributed by atoms with Crippen molar-refractivity contribution >= 4 is 49.1 Å². The summed E-state index contributed by atoms with van der Waals surface area (Å²) in [5.41, 5.74) is 0. The molecule has 0 saturated carbocycles. The molecule has 0 aromatic carbocycles.